The number of imidazole rings is 1. The standard InChI is InChI=1S/C17H12F2N4O5/c1-16-7-10-8(6-13(16)26-17(18,19)28-16)20-15(21-10)22-14(24)9-5-12(27-23-9)11-3-2-4-25-11/h2-7,13H,1H3,(H2,20,21,22,24). The topological polar surface area (TPSA) is 115 Å². The predicted octanol–water partition coefficient (Wildman–Crippen LogP) is 1.21. The van der Waals surface area contributed by atoms with Crippen molar-refractivity contribution in [1.29, 1.82) is 0 Å². The summed E-state index contributed by atoms with van der Waals surface area (Å²) >= 11 is 0. The number of H-pyrrole nitrogens is 1. The first kappa shape index (κ1) is 16.8. The molecule has 0 bridgehead atoms. The van der Waals surface area contributed by atoms with E-state index in [4.69, 9.17) is 8.94 Å². The number of aromatic amines is 1. The third-order valence-electron chi connectivity index (χ3n) is 4.41. The Bertz CT molecular complexity index is 1180. The highest BCUT2D eigenvalue weighted by atomic mass is 19.3. The van der Waals surface area contributed by atoms with Crippen molar-refractivity contribution in [2.24, 2.45) is 0 Å². The maximum Gasteiger partial charge on any atom is 0.487 e. The summed E-state index contributed by atoms with van der Waals surface area (Å²) in [7, 11) is 0. The van der Waals surface area contributed by atoms with Crippen molar-refractivity contribution in [1.82, 2.24) is 15.1 Å². The zero-order chi connectivity index (χ0) is 19.5. The molecule has 9 nitrogen and oxygen atoms in total. The molecule has 2 N–H and O–H groups in total. The lowest BCUT2D eigenvalue weighted by Gasteiger charge is -2.22. The van der Waals surface area contributed by atoms with Gasteiger partial charge in [-0.1, -0.05) is 5.16 Å². The number of halogens is 2. The number of hydrogen-bond donors (Lipinski definition) is 2. The normalized spacial score (nSPS) is 24.8. The molecule has 0 spiro atoms. The number of carbonyl (C=O) groups excluding carboxylic acids is 1. The summed E-state index contributed by atoms with van der Waals surface area (Å²) in [5.41, 5.74) is -1.34. The maximum absolute atomic E-state index is 13.4. The van der Waals surface area contributed by atoms with E-state index in [1.807, 2.05) is 0 Å². The van der Waals surface area contributed by atoms with Crippen molar-refractivity contribution in [2.45, 2.75) is 24.9 Å². The molecular weight excluding hydrogens is 378 g/mol. The van der Waals surface area contributed by atoms with Crippen LogP contribution >= 0.6 is 0 Å². The van der Waals surface area contributed by atoms with E-state index in [1.165, 1.54) is 31.4 Å². The highest BCUT2D eigenvalue weighted by molar-refractivity contribution is 6.02. The minimum Gasteiger partial charge on any atom is -0.461 e. The summed E-state index contributed by atoms with van der Waals surface area (Å²) < 4.78 is 46.3. The number of alkyl halides is 2. The van der Waals surface area contributed by atoms with Crippen LogP contribution in [0.2, 0.25) is 0 Å². The van der Waals surface area contributed by atoms with Crippen molar-refractivity contribution in [2.75, 3.05) is 5.32 Å². The Kier molecular flexibility index (Phi) is 3.36. The molecule has 2 aliphatic rings. The third kappa shape index (κ3) is 2.72. The van der Waals surface area contributed by atoms with Gasteiger partial charge in [-0.15, -0.1) is 8.78 Å². The molecule has 4 heterocycles. The van der Waals surface area contributed by atoms with Crippen LogP contribution in [0.3, 0.4) is 0 Å². The molecule has 1 saturated heterocycles. The van der Waals surface area contributed by atoms with E-state index in [2.05, 4.69) is 29.9 Å². The van der Waals surface area contributed by atoms with E-state index in [1.54, 1.807) is 12.1 Å². The Hall–Kier alpha value is -3.31. The van der Waals surface area contributed by atoms with Gasteiger partial charge < -0.3 is 13.9 Å². The Morgan fingerprint density at radius 2 is 2.21 bits per heavy atom. The number of ether oxygens (including phenoxy) is 2. The van der Waals surface area contributed by atoms with Gasteiger partial charge in [-0.05, 0) is 31.2 Å². The van der Waals surface area contributed by atoms with Crippen molar-refractivity contribution in [3.63, 3.8) is 0 Å². The van der Waals surface area contributed by atoms with Crippen LogP contribution in [0.25, 0.3) is 23.7 Å². The van der Waals surface area contributed by atoms with E-state index in [9.17, 15) is 13.6 Å². The lowest BCUT2D eigenvalue weighted by atomic mass is 9.95. The van der Waals surface area contributed by atoms with Gasteiger partial charge in [-0.2, -0.15) is 0 Å². The van der Waals surface area contributed by atoms with Gasteiger partial charge in [-0.25, -0.2) is 4.98 Å². The van der Waals surface area contributed by atoms with Gasteiger partial charge in [0.25, 0.3) is 5.91 Å². The van der Waals surface area contributed by atoms with Crippen molar-refractivity contribution < 1.29 is 32.0 Å². The molecule has 0 aromatic carbocycles. The summed E-state index contributed by atoms with van der Waals surface area (Å²) in [5.74, 6) is 0.269. The molecule has 1 aliphatic carbocycles. The van der Waals surface area contributed by atoms with Crippen LogP contribution < -0.4 is 16.0 Å². The van der Waals surface area contributed by atoms with Crippen LogP contribution in [-0.2, 0) is 9.47 Å². The fourth-order valence-electron chi connectivity index (χ4n) is 3.13. The Morgan fingerprint density at radius 1 is 1.36 bits per heavy atom. The molecule has 1 fully saturated rings. The van der Waals surface area contributed by atoms with Crippen molar-refractivity contribution in [3.8, 4) is 11.5 Å². The highest BCUT2D eigenvalue weighted by Gasteiger charge is 2.56. The first-order chi connectivity index (χ1) is 13.3. The van der Waals surface area contributed by atoms with Gasteiger partial charge in [0, 0.05) is 6.07 Å². The average Bonchev–Trinajstić information content (AvgIpc) is 3.35. The molecule has 28 heavy (non-hydrogen) atoms. The van der Waals surface area contributed by atoms with E-state index in [0.29, 0.717) is 22.2 Å². The number of nitrogens with zero attached hydrogens (tertiary/aromatic N) is 2. The SMILES string of the molecule is CC12C=c3[nH]c(NC(=O)c4cc(-c5ccco5)on4)nc3=CC1OC(F)(F)O2. The van der Waals surface area contributed by atoms with Gasteiger partial charge >= 0.3 is 6.29 Å². The number of nitrogens with one attached hydrogen (secondary N) is 2. The second-order valence-electron chi connectivity index (χ2n) is 6.49. The Labute approximate surface area is 154 Å². The fourth-order valence-corrected chi connectivity index (χ4v) is 3.13. The molecule has 144 valence electrons. The Morgan fingerprint density at radius 3 is 3.00 bits per heavy atom. The summed E-state index contributed by atoms with van der Waals surface area (Å²) in [6, 6.07) is 4.77. The van der Waals surface area contributed by atoms with E-state index >= 15 is 0 Å². The second-order valence-corrected chi connectivity index (χ2v) is 6.49. The number of anilines is 1. The lowest BCUT2D eigenvalue weighted by molar-refractivity contribution is -0.352. The van der Waals surface area contributed by atoms with Gasteiger partial charge in [0.2, 0.25) is 11.7 Å². The zero-order valence-electron chi connectivity index (χ0n) is 14.2. The second kappa shape index (κ2) is 5.59. The number of amides is 1. The number of furan rings is 1. The molecule has 3 aromatic heterocycles. The quantitative estimate of drug-likeness (QED) is 0.691. The van der Waals surface area contributed by atoms with E-state index in [-0.39, 0.29) is 11.6 Å². The number of carbonyl (C=O) groups is 1. The molecule has 1 aliphatic heterocycles. The number of hydrogen-bond acceptors (Lipinski definition) is 7. The zero-order valence-corrected chi connectivity index (χ0v) is 14.2. The molecule has 1 amide bonds. The molecule has 11 heteroatoms. The number of fused-ring (bicyclic) bond motifs is 2. The van der Waals surface area contributed by atoms with Crippen LogP contribution in [0.1, 0.15) is 17.4 Å². The average molecular weight is 390 g/mol. The first-order valence-corrected chi connectivity index (χ1v) is 8.20. The van der Waals surface area contributed by atoms with Crippen molar-refractivity contribution in [3.05, 3.63) is 40.9 Å². The monoisotopic (exact) mass is 390 g/mol. The molecular formula is C17H12F2N4O5. The van der Waals surface area contributed by atoms with Gasteiger partial charge in [-0.3, -0.25) is 19.6 Å². The molecule has 0 radical (unpaired) electrons. The number of aromatic nitrogens is 3. The van der Waals surface area contributed by atoms with Crippen LogP contribution in [-0.4, -0.2) is 39.0 Å². The number of rotatable bonds is 3. The Balaban J connectivity index is 1.39. The minimum atomic E-state index is -3.68. The van der Waals surface area contributed by atoms with Crippen LogP contribution in [0.4, 0.5) is 14.7 Å². The van der Waals surface area contributed by atoms with E-state index in [0.717, 1.165) is 0 Å². The van der Waals surface area contributed by atoms with Gasteiger partial charge in [0.05, 0.1) is 17.0 Å². The highest BCUT2D eigenvalue weighted by Crippen LogP contribution is 2.40. The molecule has 0 saturated carbocycles. The third-order valence-corrected chi connectivity index (χ3v) is 4.41. The first-order valence-electron chi connectivity index (χ1n) is 8.20. The maximum atomic E-state index is 13.4. The smallest absolute Gasteiger partial charge is 0.461 e. The molecule has 5 rings (SSSR count). The van der Waals surface area contributed by atoms with Crippen LogP contribution in [0.5, 0.6) is 0 Å². The van der Waals surface area contributed by atoms with E-state index < -0.39 is 23.9 Å². The van der Waals surface area contributed by atoms with Crippen molar-refractivity contribution >= 4 is 24.0 Å². The molecule has 2 unspecified atom stereocenters. The summed E-state index contributed by atoms with van der Waals surface area (Å²) in [5, 5.41) is 7.02. The minimum absolute atomic E-state index is 0.0175. The van der Waals surface area contributed by atoms with Crippen LogP contribution in [0, 0.1) is 0 Å². The lowest BCUT2D eigenvalue weighted by Crippen LogP contribution is -2.44. The summed E-state index contributed by atoms with van der Waals surface area (Å²) in [6.45, 7) is 1.47. The molecule has 2 atom stereocenters. The van der Waals surface area contributed by atoms with Gasteiger partial charge in [0.15, 0.2) is 11.5 Å². The largest absolute Gasteiger partial charge is 0.487 e. The predicted molar refractivity (Wildman–Crippen MR) is 88.2 cm³/mol. The summed E-state index contributed by atoms with van der Waals surface area (Å²) in [4.78, 5) is 19.4. The van der Waals surface area contributed by atoms with Crippen LogP contribution in [0.15, 0.2) is 33.4 Å². The molecule has 3 aromatic rings. The summed E-state index contributed by atoms with van der Waals surface area (Å²) in [6.07, 6.45) is -0.356. The fraction of sp³-hybridized carbons (Fsp3) is 0.235. The van der Waals surface area contributed by atoms with Gasteiger partial charge in [0.1, 0.15) is 11.7 Å².